The lowest BCUT2D eigenvalue weighted by Gasteiger charge is -2.33. The van der Waals surface area contributed by atoms with Crippen molar-refractivity contribution in [2.24, 2.45) is 5.92 Å². The van der Waals surface area contributed by atoms with Gasteiger partial charge in [0.05, 0.1) is 5.92 Å². The highest BCUT2D eigenvalue weighted by molar-refractivity contribution is 6.01. The average Bonchev–Trinajstić information content (AvgIpc) is 2.83. The second-order valence-electron chi connectivity index (χ2n) is 6.67. The van der Waals surface area contributed by atoms with Gasteiger partial charge in [-0.1, -0.05) is 25.3 Å². The average molecular weight is 364 g/mol. The molecule has 0 aromatic heterocycles. The van der Waals surface area contributed by atoms with E-state index in [0.29, 0.717) is 12.8 Å². The van der Waals surface area contributed by atoms with Crippen molar-refractivity contribution < 1.29 is 29.0 Å². The largest absolute Gasteiger partial charge is 0.481 e. The van der Waals surface area contributed by atoms with E-state index in [2.05, 4.69) is 0 Å². The Morgan fingerprint density at radius 1 is 1.19 bits per heavy atom. The third-order valence-electron chi connectivity index (χ3n) is 4.51. The standard InChI is InChI=1S/C20H28O6/c1-3-9-16(22)14-17-18(23)11-13-20(17,26-15(2)21)12-8-6-4-5-7-10-19(24)25/h3,9,11,13,17H,4-8,10,12,14H2,1-2H3,(H,24,25). The minimum atomic E-state index is -1.05. The van der Waals surface area contributed by atoms with E-state index in [4.69, 9.17) is 9.84 Å². The fraction of sp³-hybridized carbons (Fsp3) is 0.600. The summed E-state index contributed by atoms with van der Waals surface area (Å²) in [6.45, 7) is 3.03. The Morgan fingerprint density at radius 2 is 1.85 bits per heavy atom. The summed E-state index contributed by atoms with van der Waals surface area (Å²) in [6.07, 6.45) is 10.7. The summed E-state index contributed by atoms with van der Waals surface area (Å²) in [6, 6.07) is 0. The molecule has 0 aliphatic heterocycles. The normalized spacial score (nSPS) is 22.1. The second-order valence-corrected chi connectivity index (χ2v) is 6.67. The lowest BCUT2D eigenvalue weighted by Crippen LogP contribution is -2.41. The Morgan fingerprint density at radius 3 is 2.46 bits per heavy atom. The van der Waals surface area contributed by atoms with E-state index < -0.39 is 23.5 Å². The maximum atomic E-state index is 12.2. The first kappa shape index (κ1) is 21.8. The van der Waals surface area contributed by atoms with Crippen LogP contribution in [-0.2, 0) is 23.9 Å². The molecule has 0 saturated heterocycles. The molecule has 1 N–H and O–H groups in total. The van der Waals surface area contributed by atoms with Crippen molar-refractivity contribution >= 4 is 23.5 Å². The van der Waals surface area contributed by atoms with Crippen LogP contribution in [-0.4, -0.2) is 34.2 Å². The van der Waals surface area contributed by atoms with Crippen molar-refractivity contribution in [1.29, 1.82) is 0 Å². The Hall–Kier alpha value is -2.24. The number of rotatable bonds is 12. The van der Waals surface area contributed by atoms with E-state index in [1.807, 2.05) is 0 Å². The molecule has 144 valence electrons. The number of carboxylic acid groups (broad SMARTS) is 1. The number of carbonyl (C=O) groups excluding carboxylic acids is 3. The first-order valence-electron chi connectivity index (χ1n) is 9.10. The number of allylic oxidation sites excluding steroid dienone is 3. The molecule has 0 aromatic carbocycles. The van der Waals surface area contributed by atoms with E-state index in [1.54, 1.807) is 19.1 Å². The predicted molar refractivity (Wildman–Crippen MR) is 96.5 cm³/mol. The smallest absolute Gasteiger partial charge is 0.303 e. The van der Waals surface area contributed by atoms with Gasteiger partial charge in [-0.2, -0.15) is 0 Å². The van der Waals surface area contributed by atoms with Crippen LogP contribution in [0.25, 0.3) is 0 Å². The summed E-state index contributed by atoms with van der Waals surface area (Å²) in [5.41, 5.74) is -1.05. The minimum Gasteiger partial charge on any atom is -0.481 e. The van der Waals surface area contributed by atoms with Crippen molar-refractivity contribution in [3.05, 3.63) is 24.3 Å². The number of carboxylic acids is 1. The van der Waals surface area contributed by atoms with Gasteiger partial charge in [0.2, 0.25) is 0 Å². The van der Waals surface area contributed by atoms with Crippen molar-refractivity contribution in [3.63, 3.8) is 0 Å². The molecule has 6 heteroatoms. The number of ketones is 2. The van der Waals surface area contributed by atoms with E-state index in [1.165, 1.54) is 19.1 Å². The molecular weight excluding hydrogens is 336 g/mol. The highest BCUT2D eigenvalue weighted by Crippen LogP contribution is 2.38. The Bertz CT molecular complexity index is 589. The zero-order valence-electron chi connectivity index (χ0n) is 15.5. The van der Waals surface area contributed by atoms with Crippen LogP contribution in [0.4, 0.5) is 0 Å². The molecule has 0 spiro atoms. The van der Waals surface area contributed by atoms with Gasteiger partial charge in [-0.05, 0) is 44.4 Å². The highest BCUT2D eigenvalue weighted by Gasteiger charge is 2.47. The van der Waals surface area contributed by atoms with Crippen LogP contribution < -0.4 is 0 Å². The maximum Gasteiger partial charge on any atom is 0.303 e. The molecule has 0 bridgehead atoms. The van der Waals surface area contributed by atoms with Gasteiger partial charge in [0, 0.05) is 19.8 Å². The molecule has 2 unspecified atom stereocenters. The number of unbranched alkanes of at least 4 members (excludes halogenated alkanes) is 4. The van der Waals surface area contributed by atoms with Crippen LogP contribution >= 0.6 is 0 Å². The molecule has 0 aromatic rings. The molecule has 26 heavy (non-hydrogen) atoms. The molecule has 0 radical (unpaired) electrons. The number of ether oxygens (including phenoxy) is 1. The summed E-state index contributed by atoms with van der Waals surface area (Å²) in [5.74, 6) is -2.30. The number of hydrogen-bond donors (Lipinski definition) is 1. The van der Waals surface area contributed by atoms with Crippen molar-refractivity contribution in [3.8, 4) is 0 Å². The van der Waals surface area contributed by atoms with E-state index in [-0.39, 0.29) is 24.4 Å². The molecule has 2 atom stereocenters. The summed E-state index contributed by atoms with van der Waals surface area (Å²) in [5, 5.41) is 8.62. The highest BCUT2D eigenvalue weighted by atomic mass is 16.6. The molecule has 1 aliphatic rings. The second kappa shape index (κ2) is 10.7. The first-order chi connectivity index (χ1) is 12.3. The Kier molecular flexibility index (Phi) is 8.96. The summed E-state index contributed by atoms with van der Waals surface area (Å²) >= 11 is 0. The SMILES string of the molecule is CC=CC(=O)CC1C(=O)C=CC1(CCCCCCCC(=O)O)OC(C)=O. The van der Waals surface area contributed by atoms with Crippen molar-refractivity contribution in [2.75, 3.05) is 0 Å². The number of hydrogen-bond acceptors (Lipinski definition) is 5. The van der Waals surface area contributed by atoms with Crippen molar-refractivity contribution in [2.45, 2.75) is 70.8 Å². The zero-order chi connectivity index (χ0) is 19.6. The molecule has 6 nitrogen and oxygen atoms in total. The molecule has 0 saturated carbocycles. The zero-order valence-corrected chi connectivity index (χ0v) is 15.5. The fourth-order valence-corrected chi connectivity index (χ4v) is 3.31. The summed E-state index contributed by atoms with van der Waals surface area (Å²) in [4.78, 5) is 46.3. The van der Waals surface area contributed by atoms with E-state index in [9.17, 15) is 19.2 Å². The Balaban J connectivity index is 2.65. The molecule has 0 fully saturated rings. The monoisotopic (exact) mass is 364 g/mol. The molecule has 1 aliphatic carbocycles. The summed E-state index contributed by atoms with van der Waals surface area (Å²) in [7, 11) is 0. The van der Waals surface area contributed by atoms with Crippen LogP contribution in [0.2, 0.25) is 0 Å². The van der Waals surface area contributed by atoms with Crippen LogP contribution in [0.5, 0.6) is 0 Å². The van der Waals surface area contributed by atoms with E-state index >= 15 is 0 Å². The molecule has 0 heterocycles. The topological polar surface area (TPSA) is 97.7 Å². The van der Waals surface area contributed by atoms with E-state index in [0.717, 1.165) is 25.7 Å². The van der Waals surface area contributed by atoms with Gasteiger partial charge in [0.15, 0.2) is 11.6 Å². The third kappa shape index (κ3) is 6.94. The molecular formula is C20H28O6. The summed E-state index contributed by atoms with van der Waals surface area (Å²) < 4.78 is 5.52. The van der Waals surface area contributed by atoms with Gasteiger partial charge in [-0.15, -0.1) is 0 Å². The van der Waals surface area contributed by atoms with Crippen LogP contribution in [0, 0.1) is 5.92 Å². The van der Waals surface area contributed by atoms with Crippen LogP contribution in [0.15, 0.2) is 24.3 Å². The first-order valence-corrected chi connectivity index (χ1v) is 9.10. The molecule has 1 rings (SSSR count). The van der Waals surface area contributed by atoms with Gasteiger partial charge >= 0.3 is 11.9 Å². The predicted octanol–water partition coefficient (Wildman–Crippen LogP) is 3.39. The quantitative estimate of drug-likeness (QED) is 0.324. The van der Waals surface area contributed by atoms with Gasteiger partial charge in [-0.25, -0.2) is 0 Å². The van der Waals surface area contributed by atoms with Crippen LogP contribution in [0.1, 0.15) is 65.2 Å². The van der Waals surface area contributed by atoms with Crippen molar-refractivity contribution in [1.82, 2.24) is 0 Å². The Labute approximate surface area is 154 Å². The number of esters is 1. The number of carbonyl (C=O) groups is 4. The third-order valence-corrected chi connectivity index (χ3v) is 4.51. The maximum absolute atomic E-state index is 12.2. The minimum absolute atomic E-state index is 0.0159. The fourth-order valence-electron chi connectivity index (χ4n) is 3.31. The van der Waals surface area contributed by atoms with Gasteiger partial charge in [0.25, 0.3) is 0 Å². The van der Waals surface area contributed by atoms with Gasteiger partial charge in [0.1, 0.15) is 5.60 Å². The van der Waals surface area contributed by atoms with Gasteiger partial charge < -0.3 is 9.84 Å². The van der Waals surface area contributed by atoms with Gasteiger partial charge in [-0.3, -0.25) is 19.2 Å². The lowest BCUT2D eigenvalue weighted by atomic mass is 9.81. The van der Waals surface area contributed by atoms with Crippen LogP contribution in [0.3, 0.4) is 0 Å². The number of aliphatic carboxylic acids is 1. The molecule has 0 amide bonds. The lowest BCUT2D eigenvalue weighted by molar-refractivity contribution is -0.159.